The Hall–Kier alpha value is -1.18. The first-order valence-corrected chi connectivity index (χ1v) is 9.06. The van der Waals surface area contributed by atoms with Crippen molar-refractivity contribution in [2.45, 2.75) is 30.0 Å². The SMILES string of the molecule is NS(=O)(=O)c1nc2cc(NCC3CCCC3)ccc2s1. The van der Waals surface area contributed by atoms with Crippen LogP contribution in [0.5, 0.6) is 0 Å². The Labute approximate surface area is 122 Å². The van der Waals surface area contributed by atoms with Crippen LogP contribution in [0, 0.1) is 5.92 Å². The number of hydrogen-bond acceptors (Lipinski definition) is 5. The number of anilines is 1. The molecule has 5 nitrogen and oxygen atoms in total. The summed E-state index contributed by atoms with van der Waals surface area (Å²) in [4.78, 5) is 4.09. The molecule has 0 radical (unpaired) electrons. The minimum Gasteiger partial charge on any atom is -0.385 e. The first-order valence-electron chi connectivity index (χ1n) is 6.69. The lowest BCUT2D eigenvalue weighted by atomic mass is 10.1. The van der Waals surface area contributed by atoms with E-state index in [1.807, 2.05) is 18.2 Å². The summed E-state index contributed by atoms with van der Waals surface area (Å²) in [5, 5.41) is 8.52. The van der Waals surface area contributed by atoms with E-state index in [-0.39, 0.29) is 4.34 Å². The highest BCUT2D eigenvalue weighted by molar-refractivity contribution is 7.91. The van der Waals surface area contributed by atoms with Crippen molar-refractivity contribution in [3.63, 3.8) is 0 Å². The molecule has 3 N–H and O–H groups in total. The summed E-state index contributed by atoms with van der Waals surface area (Å²) in [5.41, 5.74) is 1.66. The highest BCUT2D eigenvalue weighted by atomic mass is 32.2. The lowest BCUT2D eigenvalue weighted by molar-refractivity contribution is 0.580. The quantitative estimate of drug-likeness (QED) is 0.908. The first-order chi connectivity index (χ1) is 9.52. The van der Waals surface area contributed by atoms with Crippen molar-refractivity contribution in [1.29, 1.82) is 0 Å². The molecule has 2 aromatic rings. The van der Waals surface area contributed by atoms with Crippen molar-refractivity contribution in [3.05, 3.63) is 18.2 Å². The average molecular weight is 311 g/mol. The van der Waals surface area contributed by atoms with Crippen LogP contribution in [0.4, 0.5) is 5.69 Å². The van der Waals surface area contributed by atoms with Crippen LogP contribution in [0.15, 0.2) is 22.5 Å². The molecule has 108 valence electrons. The largest absolute Gasteiger partial charge is 0.385 e. The van der Waals surface area contributed by atoms with Crippen molar-refractivity contribution >= 4 is 37.3 Å². The molecule has 20 heavy (non-hydrogen) atoms. The topological polar surface area (TPSA) is 85.1 Å². The fourth-order valence-electron chi connectivity index (χ4n) is 2.61. The standard InChI is InChI=1S/C13H17N3O2S2/c14-20(17,18)13-16-11-7-10(5-6-12(11)19-13)15-8-9-3-1-2-4-9/h5-7,9,15H,1-4,8H2,(H2,14,17,18). The van der Waals surface area contributed by atoms with E-state index in [0.29, 0.717) is 5.52 Å². The second-order valence-electron chi connectivity index (χ2n) is 5.24. The second-order valence-corrected chi connectivity index (χ2v) is 8.00. The Morgan fingerprint density at radius 2 is 2.10 bits per heavy atom. The maximum atomic E-state index is 11.3. The van der Waals surface area contributed by atoms with Crippen molar-refractivity contribution in [2.24, 2.45) is 11.1 Å². The lowest BCUT2D eigenvalue weighted by Gasteiger charge is -2.11. The molecule has 0 amide bonds. The van der Waals surface area contributed by atoms with Gasteiger partial charge in [-0.25, -0.2) is 18.5 Å². The molecule has 1 aliphatic rings. The third-order valence-corrected chi connectivity index (χ3v) is 6.04. The zero-order chi connectivity index (χ0) is 14.2. The Morgan fingerprint density at radius 1 is 1.35 bits per heavy atom. The van der Waals surface area contributed by atoms with Gasteiger partial charge >= 0.3 is 0 Å². The molecule has 0 aliphatic heterocycles. The van der Waals surface area contributed by atoms with Gasteiger partial charge in [0.05, 0.1) is 10.2 Å². The minimum absolute atomic E-state index is 0.0274. The maximum absolute atomic E-state index is 11.3. The molecule has 0 bridgehead atoms. The fraction of sp³-hybridized carbons (Fsp3) is 0.462. The number of fused-ring (bicyclic) bond motifs is 1. The van der Waals surface area contributed by atoms with E-state index in [2.05, 4.69) is 10.3 Å². The summed E-state index contributed by atoms with van der Waals surface area (Å²) in [6, 6.07) is 5.73. The molecule has 0 unspecified atom stereocenters. The average Bonchev–Trinajstić information content (AvgIpc) is 3.04. The van der Waals surface area contributed by atoms with Gasteiger partial charge in [-0.1, -0.05) is 12.8 Å². The van der Waals surface area contributed by atoms with E-state index in [0.717, 1.165) is 34.2 Å². The van der Waals surface area contributed by atoms with Gasteiger partial charge in [-0.3, -0.25) is 0 Å². The summed E-state index contributed by atoms with van der Waals surface area (Å²) in [7, 11) is -3.72. The van der Waals surface area contributed by atoms with E-state index >= 15 is 0 Å². The summed E-state index contributed by atoms with van der Waals surface area (Å²) < 4.78 is 23.4. The van der Waals surface area contributed by atoms with Gasteiger partial charge in [0.2, 0.25) is 4.34 Å². The molecule has 3 rings (SSSR count). The molecular formula is C13H17N3O2S2. The normalized spacial score (nSPS) is 16.9. The monoisotopic (exact) mass is 311 g/mol. The number of nitrogens with one attached hydrogen (secondary N) is 1. The highest BCUT2D eigenvalue weighted by Crippen LogP contribution is 2.28. The molecule has 1 aromatic heterocycles. The van der Waals surface area contributed by atoms with Crippen LogP contribution in [0.25, 0.3) is 10.2 Å². The van der Waals surface area contributed by atoms with Crippen molar-refractivity contribution in [1.82, 2.24) is 4.98 Å². The zero-order valence-electron chi connectivity index (χ0n) is 11.0. The van der Waals surface area contributed by atoms with Crippen LogP contribution in [-0.4, -0.2) is 19.9 Å². The number of nitrogens with zero attached hydrogens (tertiary/aromatic N) is 1. The Morgan fingerprint density at radius 3 is 2.80 bits per heavy atom. The molecule has 1 fully saturated rings. The van der Waals surface area contributed by atoms with E-state index in [9.17, 15) is 8.42 Å². The number of sulfonamides is 1. The number of rotatable bonds is 4. The van der Waals surface area contributed by atoms with Crippen LogP contribution >= 0.6 is 11.3 Å². The highest BCUT2D eigenvalue weighted by Gasteiger charge is 2.16. The van der Waals surface area contributed by atoms with Crippen molar-refractivity contribution < 1.29 is 8.42 Å². The van der Waals surface area contributed by atoms with Crippen LogP contribution < -0.4 is 10.5 Å². The molecular weight excluding hydrogens is 294 g/mol. The van der Waals surface area contributed by atoms with Gasteiger partial charge in [0.1, 0.15) is 0 Å². The van der Waals surface area contributed by atoms with E-state index in [1.54, 1.807) is 0 Å². The zero-order valence-corrected chi connectivity index (χ0v) is 12.6. The maximum Gasteiger partial charge on any atom is 0.265 e. The second kappa shape index (κ2) is 5.31. The van der Waals surface area contributed by atoms with E-state index < -0.39 is 10.0 Å². The number of nitrogens with two attached hydrogens (primary N) is 1. The van der Waals surface area contributed by atoms with Gasteiger partial charge in [-0.15, -0.1) is 11.3 Å². The van der Waals surface area contributed by atoms with Gasteiger partial charge in [-0.05, 0) is 37.0 Å². The summed E-state index contributed by atoms with van der Waals surface area (Å²) in [6.45, 7) is 0.970. The molecule has 0 atom stereocenters. The predicted molar refractivity (Wildman–Crippen MR) is 81.4 cm³/mol. The van der Waals surface area contributed by atoms with E-state index in [1.165, 1.54) is 25.7 Å². The van der Waals surface area contributed by atoms with Gasteiger partial charge < -0.3 is 5.32 Å². The molecule has 0 saturated heterocycles. The molecule has 7 heteroatoms. The summed E-state index contributed by atoms with van der Waals surface area (Å²) in [6.07, 6.45) is 5.24. The molecule has 1 heterocycles. The Kier molecular flexibility index (Phi) is 3.66. The molecule has 1 aliphatic carbocycles. The predicted octanol–water partition coefficient (Wildman–Crippen LogP) is 2.55. The fourth-order valence-corrected chi connectivity index (χ4v) is 4.25. The third kappa shape index (κ3) is 2.94. The lowest BCUT2D eigenvalue weighted by Crippen LogP contribution is -2.11. The third-order valence-electron chi connectivity index (χ3n) is 3.68. The molecule has 1 aromatic carbocycles. The summed E-state index contributed by atoms with van der Waals surface area (Å²) >= 11 is 1.10. The summed E-state index contributed by atoms with van der Waals surface area (Å²) in [5.74, 6) is 0.751. The number of hydrogen-bond donors (Lipinski definition) is 2. The van der Waals surface area contributed by atoms with Gasteiger partial charge in [0, 0.05) is 12.2 Å². The van der Waals surface area contributed by atoms with Crippen LogP contribution in [0.1, 0.15) is 25.7 Å². The van der Waals surface area contributed by atoms with Crippen molar-refractivity contribution in [3.8, 4) is 0 Å². The number of aromatic nitrogens is 1. The number of benzene rings is 1. The van der Waals surface area contributed by atoms with Crippen molar-refractivity contribution in [2.75, 3.05) is 11.9 Å². The Bertz CT molecular complexity index is 718. The van der Waals surface area contributed by atoms with Crippen LogP contribution in [0.2, 0.25) is 0 Å². The molecule has 1 saturated carbocycles. The van der Waals surface area contributed by atoms with Crippen LogP contribution in [0.3, 0.4) is 0 Å². The number of primary sulfonamides is 1. The van der Waals surface area contributed by atoms with Crippen LogP contribution in [-0.2, 0) is 10.0 Å². The smallest absolute Gasteiger partial charge is 0.265 e. The first kappa shape index (κ1) is 13.8. The van der Waals surface area contributed by atoms with Gasteiger partial charge in [-0.2, -0.15) is 0 Å². The Balaban J connectivity index is 1.79. The van der Waals surface area contributed by atoms with E-state index in [4.69, 9.17) is 5.14 Å². The molecule has 0 spiro atoms. The minimum atomic E-state index is -3.72. The van der Waals surface area contributed by atoms with Gasteiger partial charge in [0.15, 0.2) is 0 Å². The number of thiazole rings is 1. The van der Waals surface area contributed by atoms with Gasteiger partial charge in [0.25, 0.3) is 10.0 Å².